The zero-order chi connectivity index (χ0) is 23.7. The second-order valence-corrected chi connectivity index (χ2v) is 7.82. The number of hydrogen-bond donors (Lipinski definition) is 2. The third-order valence-electron chi connectivity index (χ3n) is 5.61. The third-order valence-corrected chi connectivity index (χ3v) is 5.61. The Balaban J connectivity index is 1.67. The van der Waals surface area contributed by atoms with Crippen molar-refractivity contribution in [3.63, 3.8) is 0 Å². The first-order chi connectivity index (χ1) is 15.9. The van der Waals surface area contributed by atoms with E-state index >= 15 is 0 Å². The molecule has 2 heterocycles. The number of nitrogens with one attached hydrogen (secondary N) is 1. The van der Waals surface area contributed by atoms with Gasteiger partial charge in [0.05, 0.1) is 45.9 Å². The number of anilines is 2. The van der Waals surface area contributed by atoms with Crippen LogP contribution in [0.4, 0.5) is 11.6 Å². The summed E-state index contributed by atoms with van der Waals surface area (Å²) in [5, 5.41) is 10.0. The van der Waals surface area contributed by atoms with Crippen LogP contribution in [0.25, 0.3) is 10.9 Å². The van der Waals surface area contributed by atoms with E-state index in [2.05, 4.69) is 9.97 Å². The van der Waals surface area contributed by atoms with Crippen molar-refractivity contribution in [2.24, 2.45) is 0 Å². The first-order valence-corrected chi connectivity index (χ1v) is 10.4. The van der Waals surface area contributed by atoms with Gasteiger partial charge >= 0.3 is 0 Å². The summed E-state index contributed by atoms with van der Waals surface area (Å²) in [6.07, 6.45) is -0.521. The summed E-state index contributed by atoms with van der Waals surface area (Å²) >= 11 is 0. The number of rotatable bonds is 7. The summed E-state index contributed by atoms with van der Waals surface area (Å²) in [5.74, 6) is 1.24. The lowest BCUT2D eigenvalue weighted by molar-refractivity contribution is -0.117. The molecule has 1 atom stereocenters. The van der Waals surface area contributed by atoms with Crippen LogP contribution in [0.3, 0.4) is 0 Å². The Labute approximate surface area is 190 Å². The fourth-order valence-corrected chi connectivity index (χ4v) is 4.06. The molecular formula is C23H26N4O6. The number of aliphatic hydroxyl groups is 1. The highest BCUT2D eigenvalue weighted by Crippen LogP contribution is 2.41. The van der Waals surface area contributed by atoms with Gasteiger partial charge in [0.2, 0.25) is 17.6 Å². The molecule has 1 aromatic heterocycles. The van der Waals surface area contributed by atoms with E-state index < -0.39 is 11.7 Å². The molecule has 2 aromatic carbocycles. The minimum absolute atomic E-state index is 0.105. The number of carbonyl (C=O) groups excluding carboxylic acids is 1. The minimum atomic E-state index is -0.650. The van der Waals surface area contributed by atoms with Gasteiger partial charge in [-0.2, -0.15) is 4.98 Å². The number of methoxy groups -OCH3 is 3. The number of β-amino-alcohol motifs (C(OH)–C–C–N with tert-alkyl or cyclic N) is 1. The number of fused-ring (bicyclic) bond motifs is 1. The molecule has 10 nitrogen and oxygen atoms in total. The normalized spacial score (nSPS) is 15.7. The summed E-state index contributed by atoms with van der Waals surface area (Å²) in [6.45, 7) is 0.710. The topological polar surface area (TPSA) is 117 Å². The number of aromatic amines is 1. The quantitative estimate of drug-likeness (QED) is 0.554. The maximum atomic E-state index is 12.9. The second kappa shape index (κ2) is 8.99. The molecule has 0 radical (unpaired) electrons. The molecule has 1 amide bonds. The van der Waals surface area contributed by atoms with Gasteiger partial charge in [-0.15, -0.1) is 0 Å². The van der Waals surface area contributed by atoms with Crippen LogP contribution in [0.2, 0.25) is 0 Å². The van der Waals surface area contributed by atoms with E-state index in [1.54, 1.807) is 22.9 Å². The fourth-order valence-electron chi connectivity index (χ4n) is 4.06. The highest BCUT2D eigenvalue weighted by Gasteiger charge is 2.29. The molecule has 0 spiro atoms. The van der Waals surface area contributed by atoms with Crippen LogP contribution in [0, 0.1) is 0 Å². The average Bonchev–Trinajstić information content (AvgIpc) is 3.15. The number of ether oxygens (including phenoxy) is 3. The number of amides is 1. The van der Waals surface area contributed by atoms with Gasteiger partial charge in [0, 0.05) is 25.3 Å². The molecule has 174 valence electrons. The molecule has 3 aromatic rings. The lowest BCUT2D eigenvalue weighted by Crippen LogP contribution is -2.26. The standard InChI is InChI=1S/C23H26N4O6/c1-26(11-13-6-5-7-14(8-13)27-12-15(28)9-18(27)29)23-24-16-10-17(31-2)20(32-3)21(33-4)19(16)22(30)25-23/h5-8,10,15,28H,9,11-12H2,1-4H3,(H,24,25,30)/t15-/m0/s1. The van der Waals surface area contributed by atoms with Gasteiger partial charge in [-0.25, -0.2) is 0 Å². The first kappa shape index (κ1) is 22.4. The van der Waals surface area contributed by atoms with Crippen LogP contribution in [0.1, 0.15) is 12.0 Å². The molecule has 33 heavy (non-hydrogen) atoms. The maximum Gasteiger partial charge on any atom is 0.286 e. The predicted molar refractivity (Wildman–Crippen MR) is 124 cm³/mol. The molecule has 0 aliphatic carbocycles. The zero-order valence-corrected chi connectivity index (χ0v) is 18.9. The lowest BCUT2D eigenvalue weighted by atomic mass is 10.1. The van der Waals surface area contributed by atoms with Gasteiger partial charge < -0.3 is 34.1 Å². The lowest BCUT2D eigenvalue weighted by Gasteiger charge is -2.21. The molecule has 1 saturated heterocycles. The van der Waals surface area contributed by atoms with E-state index in [-0.39, 0.29) is 30.0 Å². The number of H-pyrrole nitrogens is 1. The van der Waals surface area contributed by atoms with Crippen LogP contribution >= 0.6 is 0 Å². The molecule has 0 saturated carbocycles. The minimum Gasteiger partial charge on any atom is -0.493 e. The van der Waals surface area contributed by atoms with Crippen LogP contribution in [-0.2, 0) is 11.3 Å². The fraction of sp³-hybridized carbons (Fsp3) is 0.348. The number of benzene rings is 2. The highest BCUT2D eigenvalue weighted by atomic mass is 16.5. The molecule has 4 rings (SSSR count). The number of carbonyl (C=O) groups is 1. The Kier molecular flexibility index (Phi) is 6.10. The summed E-state index contributed by atoms with van der Waals surface area (Å²) in [4.78, 5) is 35.8. The largest absolute Gasteiger partial charge is 0.493 e. The van der Waals surface area contributed by atoms with Gasteiger partial charge in [-0.05, 0) is 17.7 Å². The van der Waals surface area contributed by atoms with E-state index in [1.165, 1.54) is 21.3 Å². The summed E-state index contributed by atoms with van der Waals surface area (Å²) in [7, 11) is 6.24. The molecule has 1 aliphatic heterocycles. The number of aliphatic hydroxyl groups excluding tert-OH is 1. The molecule has 0 bridgehead atoms. The Morgan fingerprint density at radius 2 is 1.91 bits per heavy atom. The molecule has 10 heteroatoms. The van der Waals surface area contributed by atoms with Crippen molar-refractivity contribution in [2.75, 3.05) is 44.7 Å². The van der Waals surface area contributed by atoms with Crippen molar-refractivity contribution >= 4 is 28.4 Å². The Bertz CT molecular complexity index is 1260. The Hall–Kier alpha value is -3.79. The van der Waals surface area contributed by atoms with Crippen LogP contribution in [-0.4, -0.2) is 62.0 Å². The maximum absolute atomic E-state index is 12.9. The number of aromatic nitrogens is 2. The van der Waals surface area contributed by atoms with Gasteiger partial charge in [-0.3, -0.25) is 9.59 Å². The SMILES string of the molecule is COc1cc2[nH]c(N(C)Cc3cccc(N4C[C@@H](O)CC4=O)c3)nc(=O)c2c(OC)c1OC. The molecule has 1 aliphatic rings. The summed E-state index contributed by atoms with van der Waals surface area (Å²) in [5.41, 5.74) is 1.67. The smallest absolute Gasteiger partial charge is 0.286 e. The van der Waals surface area contributed by atoms with Crippen molar-refractivity contribution < 1.29 is 24.1 Å². The molecular weight excluding hydrogens is 428 g/mol. The summed E-state index contributed by atoms with van der Waals surface area (Å²) in [6, 6.07) is 9.17. The van der Waals surface area contributed by atoms with Gasteiger partial charge in [0.15, 0.2) is 11.5 Å². The highest BCUT2D eigenvalue weighted by molar-refractivity contribution is 5.96. The van der Waals surface area contributed by atoms with Crippen molar-refractivity contribution in [3.8, 4) is 17.2 Å². The third kappa shape index (κ3) is 4.17. The second-order valence-electron chi connectivity index (χ2n) is 7.82. The van der Waals surface area contributed by atoms with Crippen molar-refractivity contribution in [2.45, 2.75) is 19.1 Å². The van der Waals surface area contributed by atoms with E-state index in [9.17, 15) is 14.7 Å². The molecule has 0 unspecified atom stereocenters. The van der Waals surface area contributed by atoms with E-state index in [0.29, 0.717) is 29.5 Å². The first-order valence-electron chi connectivity index (χ1n) is 10.4. The predicted octanol–water partition coefficient (Wildman–Crippen LogP) is 1.68. The van der Waals surface area contributed by atoms with Crippen LogP contribution < -0.4 is 29.6 Å². The van der Waals surface area contributed by atoms with E-state index in [1.807, 2.05) is 24.3 Å². The number of nitrogens with zero attached hydrogens (tertiary/aromatic N) is 3. The van der Waals surface area contributed by atoms with E-state index in [0.717, 1.165) is 11.3 Å². The van der Waals surface area contributed by atoms with Gasteiger partial charge in [0.1, 0.15) is 5.39 Å². The number of hydrogen-bond acceptors (Lipinski definition) is 8. The van der Waals surface area contributed by atoms with Crippen LogP contribution in [0.5, 0.6) is 17.2 Å². The van der Waals surface area contributed by atoms with Crippen molar-refractivity contribution in [1.82, 2.24) is 9.97 Å². The zero-order valence-electron chi connectivity index (χ0n) is 18.9. The monoisotopic (exact) mass is 454 g/mol. The Morgan fingerprint density at radius 3 is 2.55 bits per heavy atom. The van der Waals surface area contributed by atoms with E-state index in [4.69, 9.17) is 14.2 Å². The summed E-state index contributed by atoms with van der Waals surface area (Å²) < 4.78 is 16.2. The van der Waals surface area contributed by atoms with Crippen molar-refractivity contribution in [1.29, 1.82) is 0 Å². The average molecular weight is 454 g/mol. The van der Waals surface area contributed by atoms with Gasteiger partial charge in [0.25, 0.3) is 5.56 Å². The van der Waals surface area contributed by atoms with Gasteiger partial charge in [-0.1, -0.05) is 12.1 Å². The molecule has 1 fully saturated rings. The molecule has 2 N–H and O–H groups in total. The van der Waals surface area contributed by atoms with Crippen LogP contribution in [0.15, 0.2) is 35.1 Å². The Morgan fingerprint density at radius 1 is 1.15 bits per heavy atom. The van der Waals surface area contributed by atoms with Crippen molar-refractivity contribution in [3.05, 3.63) is 46.2 Å².